The minimum Gasteiger partial charge on any atom is -0.404 e. The van der Waals surface area contributed by atoms with E-state index in [-0.39, 0.29) is 16.9 Å². The number of unbranched alkanes of at least 4 members (excludes halogenated alkanes) is 1. The molecule has 0 unspecified atom stereocenters. The molecule has 2 aromatic rings. The van der Waals surface area contributed by atoms with Crippen molar-refractivity contribution < 1.29 is 13.9 Å². The number of amides is 1. The number of pyridine rings is 1. The maximum Gasteiger partial charge on any atom is 0.395 e. The molecule has 2 heterocycles. The van der Waals surface area contributed by atoms with Gasteiger partial charge in [0.1, 0.15) is 0 Å². The van der Waals surface area contributed by atoms with E-state index in [0.29, 0.717) is 41.9 Å². The average molecular weight is 458 g/mol. The van der Waals surface area contributed by atoms with Gasteiger partial charge in [-0.1, -0.05) is 13.3 Å². The minimum atomic E-state index is -0.616. The molecule has 1 N–H and O–H groups in total. The van der Waals surface area contributed by atoms with Crippen LogP contribution in [0.2, 0.25) is 0 Å². The van der Waals surface area contributed by atoms with E-state index >= 15 is 0 Å². The van der Waals surface area contributed by atoms with E-state index in [2.05, 4.69) is 17.3 Å². The standard InChI is InChI=1S/C23H31N4O4P/c1-3-5-6-27-17-13-26(4-2)25-19(17)20(31-32-30)18(22(27)29)21(28)24-23-10-14-7-15(11-23)9-16(8-14)12-23/h13-16H,3-12H2,1-2H3,(H,24,28). The van der Waals surface area contributed by atoms with Gasteiger partial charge in [-0.2, -0.15) is 5.10 Å². The van der Waals surface area contributed by atoms with Crippen molar-refractivity contribution in [3.8, 4) is 5.75 Å². The lowest BCUT2D eigenvalue weighted by molar-refractivity contribution is -0.0167. The Balaban J connectivity index is 1.59. The summed E-state index contributed by atoms with van der Waals surface area (Å²) in [5.74, 6) is 1.60. The SMILES string of the molecule is CCCCn1c(=O)c(C(=O)NC23CC4CC(CC(C4)C2)C3)c(OP=O)c2nn(CC)cc21. The van der Waals surface area contributed by atoms with Gasteiger partial charge in [0.2, 0.25) is 0 Å². The molecule has 4 saturated carbocycles. The third-order valence-corrected chi connectivity index (χ3v) is 8.02. The van der Waals surface area contributed by atoms with Crippen molar-refractivity contribution in [2.24, 2.45) is 17.8 Å². The third-order valence-electron chi connectivity index (χ3n) is 7.77. The molecule has 0 aliphatic heterocycles. The summed E-state index contributed by atoms with van der Waals surface area (Å²) < 4.78 is 20.1. The first-order chi connectivity index (χ1) is 15.5. The number of carbonyl (C=O) groups is 1. The summed E-state index contributed by atoms with van der Waals surface area (Å²) in [5, 5.41) is 7.82. The van der Waals surface area contributed by atoms with Gasteiger partial charge in [0, 0.05) is 24.8 Å². The van der Waals surface area contributed by atoms with Crippen LogP contribution in [0.5, 0.6) is 5.75 Å². The molecule has 0 atom stereocenters. The van der Waals surface area contributed by atoms with Gasteiger partial charge in [0.15, 0.2) is 16.8 Å². The second-order valence-corrected chi connectivity index (χ2v) is 10.4. The molecule has 0 saturated heterocycles. The van der Waals surface area contributed by atoms with Crippen LogP contribution >= 0.6 is 8.69 Å². The Labute approximate surface area is 189 Å². The van der Waals surface area contributed by atoms with Crippen LogP contribution in [0.3, 0.4) is 0 Å². The van der Waals surface area contributed by atoms with Gasteiger partial charge in [0.25, 0.3) is 11.5 Å². The Morgan fingerprint density at radius 1 is 1.22 bits per heavy atom. The lowest BCUT2D eigenvalue weighted by Gasteiger charge is -2.56. The first-order valence-electron chi connectivity index (χ1n) is 11.9. The van der Waals surface area contributed by atoms with Gasteiger partial charge in [-0.25, -0.2) is 4.57 Å². The molecule has 172 valence electrons. The number of nitrogens with zero attached hydrogens (tertiary/aromatic N) is 3. The number of hydrogen-bond acceptors (Lipinski definition) is 5. The number of nitrogens with one attached hydrogen (secondary N) is 1. The van der Waals surface area contributed by atoms with Crippen molar-refractivity contribution in [3.63, 3.8) is 0 Å². The summed E-state index contributed by atoms with van der Waals surface area (Å²) in [4.78, 5) is 27.2. The highest BCUT2D eigenvalue weighted by molar-refractivity contribution is 7.17. The normalized spacial score (nSPS) is 28.5. The molecule has 4 aliphatic rings. The van der Waals surface area contributed by atoms with Gasteiger partial charge >= 0.3 is 8.69 Å². The Hall–Kier alpha value is -2.21. The van der Waals surface area contributed by atoms with Gasteiger partial charge in [-0.15, -0.1) is 0 Å². The molecular weight excluding hydrogens is 427 g/mol. The molecule has 4 aliphatic carbocycles. The van der Waals surface area contributed by atoms with E-state index in [1.54, 1.807) is 15.4 Å². The maximum atomic E-state index is 13.6. The van der Waals surface area contributed by atoms with Crippen molar-refractivity contribution in [2.45, 2.75) is 83.8 Å². The molecule has 8 nitrogen and oxygen atoms in total. The second kappa shape index (κ2) is 8.29. The summed E-state index contributed by atoms with van der Waals surface area (Å²) in [6, 6.07) is 0. The summed E-state index contributed by atoms with van der Waals surface area (Å²) >= 11 is 0. The molecule has 6 rings (SSSR count). The van der Waals surface area contributed by atoms with E-state index in [1.165, 1.54) is 19.3 Å². The third kappa shape index (κ3) is 3.57. The van der Waals surface area contributed by atoms with Gasteiger partial charge in [-0.05, 0) is 69.6 Å². The van der Waals surface area contributed by atoms with Crippen LogP contribution in [0.1, 0.15) is 75.6 Å². The fourth-order valence-electron chi connectivity index (χ4n) is 6.82. The van der Waals surface area contributed by atoms with Crippen molar-refractivity contribution in [3.05, 3.63) is 22.1 Å². The summed E-state index contributed by atoms with van der Waals surface area (Å²) in [5.41, 5.74) is 0.296. The number of hydrogen-bond donors (Lipinski definition) is 1. The largest absolute Gasteiger partial charge is 0.404 e. The second-order valence-electron chi connectivity index (χ2n) is 10.1. The zero-order valence-electron chi connectivity index (χ0n) is 18.8. The Morgan fingerprint density at radius 2 is 1.88 bits per heavy atom. The van der Waals surface area contributed by atoms with E-state index < -0.39 is 20.2 Å². The van der Waals surface area contributed by atoms with Crippen molar-refractivity contribution in [1.29, 1.82) is 0 Å². The number of rotatable bonds is 8. The Morgan fingerprint density at radius 3 is 2.44 bits per heavy atom. The van der Waals surface area contributed by atoms with Crippen LogP contribution in [0.15, 0.2) is 11.0 Å². The molecule has 4 fully saturated rings. The first-order valence-corrected chi connectivity index (χ1v) is 12.7. The molecule has 9 heteroatoms. The van der Waals surface area contributed by atoms with Crippen LogP contribution < -0.4 is 15.4 Å². The van der Waals surface area contributed by atoms with E-state index in [0.717, 1.165) is 32.1 Å². The highest BCUT2D eigenvalue weighted by Crippen LogP contribution is 2.55. The monoisotopic (exact) mass is 458 g/mol. The quantitative estimate of drug-likeness (QED) is 0.595. The lowest BCUT2D eigenvalue weighted by Crippen LogP contribution is -2.60. The zero-order chi connectivity index (χ0) is 22.5. The highest BCUT2D eigenvalue weighted by atomic mass is 31.1. The van der Waals surface area contributed by atoms with E-state index in [4.69, 9.17) is 4.52 Å². The maximum absolute atomic E-state index is 13.6. The number of fused-ring (bicyclic) bond motifs is 1. The van der Waals surface area contributed by atoms with Crippen molar-refractivity contribution in [1.82, 2.24) is 19.7 Å². The highest BCUT2D eigenvalue weighted by Gasteiger charge is 2.52. The predicted octanol–water partition coefficient (Wildman–Crippen LogP) is 4.30. The minimum absolute atomic E-state index is 0.0174. The molecular formula is C23H31N4O4P. The molecule has 0 radical (unpaired) electrons. The summed E-state index contributed by atoms with van der Waals surface area (Å²) in [7, 11) is -0.616. The van der Waals surface area contributed by atoms with Crippen molar-refractivity contribution >= 4 is 25.6 Å². The summed E-state index contributed by atoms with van der Waals surface area (Å²) in [6.45, 7) is 5.12. The molecule has 32 heavy (non-hydrogen) atoms. The first kappa shape index (κ1) is 21.6. The van der Waals surface area contributed by atoms with Crippen LogP contribution in [0.4, 0.5) is 0 Å². The molecule has 2 aromatic heterocycles. The van der Waals surface area contributed by atoms with Crippen LogP contribution in [0, 0.1) is 17.8 Å². The smallest absolute Gasteiger partial charge is 0.395 e. The average Bonchev–Trinajstić information content (AvgIpc) is 3.16. The van der Waals surface area contributed by atoms with Gasteiger partial charge in [0.05, 0.1) is 5.52 Å². The summed E-state index contributed by atoms with van der Waals surface area (Å²) in [6.07, 6.45) is 10.3. The van der Waals surface area contributed by atoms with E-state index in [1.807, 2.05) is 6.92 Å². The van der Waals surface area contributed by atoms with Crippen LogP contribution in [0.25, 0.3) is 11.0 Å². The zero-order valence-corrected chi connectivity index (χ0v) is 19.7. The van der Waals surface area contributed by atoms with Crippen LogP contribution in [-0.2, 0) is 17.7 Å². The predicted molar refractivity (Wildman–Crippen MR) is 121 cm³/mol. The molecule has 0 aromatic carbocycles. The fourth-order valence-corrected chi connectivity index (χ4v) is 7.08. The molecule has 1 amide bonds. The Bertz CT molecular complexity index is 1090. The number of aromatic nitrogens is 3. The van der Waals surface area contributed by atoms with Gasteiger partial charge < -0.3 is 14.4 Å². The Kier molecular flexibility index (Phi) is 5.60. The number of carbonyl (C=O) groups excluding carboxylic acids is 1. The number of aryl methyl sites for hydroxylation is 2. The fraction of sp³-hybridized carbons (Fsp3) is 0.696. The topological polar surface area (TPSA) is 95.2 Å². The van der Waals surface area contributed by atoms with Gasteiger partial charge in [-0.3, -0.25) is 14.3 Å². The lowest BCUT2D eigenvalue weighted by atomic mass is 9.53. The molecule has 0 spiro atoms. The van der Waals surface area contributed by atoms with E-state index in [9.17, 15) is 14.2 Å². The molecule has 4 bridgehead atoms. The van der Waals surface area contributed by atoms with Crippen LogP contribution in [-0.4, -0.2) is 25.8 Å². The van der Waals surface area contributed by atoms with Crippen molar-refractivity contribution in [2.75, 3.05) is 0 Å².